The molecule has 0 saturated heterocycles. The minimum atomic E-state index is -0.308. The average molecular weight is 323 g/mol. The zero-order valence-electron chi connectivity index (χ0n) is 13.6. The van der Waals surface area contributed by atoms with E-state index in [4.69, 9.17) is 0 Å². The first-order valence-electron chi connectivity index (χ1n) is 7.66. The van der Waals surface area contributed by atoms with Gasteiger partial charge in [0.2, 0.25) is 0 Å². The van der Waals surface area contributed by atoms with Crippen molar-refractivity contribution in [2.45, 2.75) is 13.5 Å². The van der Waals surface area contributed by atoms with Crippen LogP contribution in [0.5, 0.6) is 0 Å². The Bertz CT molecular complexity index is 858. The van der Waals surface area contributed by atoms with E-state index in [-0.39, 0.29) is 11.7 Å². The van der Waals surface area contributed by atoms with Crippen LogP contribution in [0, 0.1) is 12.7 Å². The van der Waals surface area contributed by atoms with Gasteiger partial charge in [-0.05, 0) is 42.8 Å². The monoisotopic (exact) mass is 323 g/mol. The first-order chi connectivity index (χ1) is 11.5. The molecule has 1 heterocycles. The van der Waals surface area contributed by atoms with Gasteiger partial charge in [0.05, 0.1) is 5.69 Å². The summed E-state index contributed by atoms with van der Waals surface area (Å²) in [5, 5.41) is 4.41. The fraction of sp³-hybridized carbons (Fsp3) is 0.158. The Morgan fingerprint density at radius 1 is 1.12 bits per heavy atom. The molecule has 5 heteroatoms. The van der Waals surface area contributed by atoms with Crippen LogP contribution in [0.4, 0.5) is 4.39 Å². The van der Waals surface area contributed by atoms with Gasteiger partial charge in [-0.2, -0.15) is 5.10 Å². The van der Waals surface area contributed by atoms with Crippen LogP contribution < -0.4 is 0 Å². The normalized spacial score (nSPS) is 10.6. The van der Waals surface area contributed by atoms with E-state index in [2.05, 4.69) is 5.10 Å². The third kappa shape index (κ3) is 3.35. The Morgan fingerprint density at radius 3 is 2.58 bits per heavy atom. The zero-order chi connectivity index (χ0) is 17.1. The van der Waals surface area contributed by atoms with E-state index in [1.165, 1.54) is 17.0 Å². The van der Waals surface area contributed by atoms with Gasteiger partial charge in [-0.15, -0.1) is 0 Å². The molecule has 0 atom stereocenters. The van der Waals surface area contributed by atoms with Crippen molar-refractivity contribution in [2.75, 3.05) is 7.05 Å². The molecule has 0 aliphatic rings. The Morgan fingerprint density at radius 2 is 1.88 bits per heavy atom. The third-order valence-electron chi connectivity index (χ3n) is 3.76. The van der Waals surface area contributed by atoms with Gasteiger partial charge in [-0.3, -0.25) is 4.79 Å². The molecule has 0 fully saturated rings. The van der Waals surface area contributed by atoms with E-state index in [0.717, 1.165) is 16.9 Å². The molecule has 122 valence electrons. The fourth-order valence-corrected chi connectivity index (χ4v) is 2.59. The number of rotatable bonds is 4. The molecule has 2 aromatic carbocycles. The summed E-state index contributed by atoms with van der Waals surface area (Å²) in [6.45, 7) is 2.23. The summed E-state index contributed by atoms with van der Waals surface area (Å²) in [6.07, 6.45) is 0. The number of carbonyl (C=O) groups excluding carboxylic acids is 1. The van der Waals surface area contributed by atoms with Crippen molar-refractivity contribution < 1.29 is 9.18 Å². The number of para-hydroxylation sites is 1. The Balaban J connectivity index is 1.80. The molecule has 3 aromatic rings. The van der Waals surface area contributed by atoms with Crippen LogP contribution in [0.2, 0.25) is 0 Å². The highest BCUT2D eigenvalue weighted by Crippen LogP contribution is 2.14. The van der Waals surface area contributed by atoms with Gasteiger partial charge in [0.1, 0.15) is 5.82 Å². The van der Waals surface area contributed by atoms with Crippen LogP contribution in [0.3, 0.4) is 0 Å². The van der Waals surface area contributed by atoms with E-state index < -0.39 is 0 Å². The molecule has 1 amide bonds. The highest BCUT2D eigenvalue weighted by Gasteiger charge is 2.17. The summed E-state index contributed by atoms with van der Waals surface area (Å²) in [6, 6.07) is 17.7. The minimum absolute atomic E-state index is 0.197. The van der Waals surface area contributed by atoms with Gasteiger partial charge < -0.3 is 4.90 Å². The largest absolute Gasteiger partial charge is 0.336 e. The fourth-order valence-electron chi connectivity index (χ4n) is 2.59. The van der Waals surface area contributed by atoms with Crippen LogP contribution in [0.1, 0.15) is 21.7 Å². The van der Waals surface area contributed by atoms with Crippen molar-refractivity contribution in [3.05, 3.63) is 83.4 Å². The number of benzene rings is 2. The second-order valence-electron chi connectivity index (χ2n) is 5.71. The Kier molecular flexibility index (Phi) is 4.42. The number of hydrogen-bond donors (Lipinski definition) is 0. The van der Waals surface area contributed by atoms with Crippen LogP contribution in [-0.4, -0.2) is 27.6 Å². The lowest BCUT2D eigenvalue weighted by atomic mass is 10.2. The number of nitrogens with zero attached hydrogens (tertiary/aromatic N) is 3. The first kappa shape index (κ1) is 15.9. The lowest BCUT2D eigenvalue weighted by Gasteiger charge is -2.16. The van der Waals surface area contributed by atoms with E-state index in [0.29, 0.717) is 12.2 Å². The number of halogens is 1. The quantitative estimate of drug-likeness (QED) is 0.736. The molecule has 1 aromatic heterocycles. The molecule has 0 radical (unpaired) electrons. The predicted molar refractivity (Wildman–Crippen MR) is 90.5 cm³/mol. The van der Waals surface area contributed by atoms with E-state index in [1.54, 1.807) is 29.9 Å². The molecule has 0 aliphatic heterocycles. The molecule has 0 saturated carbocycles. The molecular weight excluding hydrogens is 305 g/mol. The van der Waals surface area contributed by atoms with E-state index >= 15 is 0 Å². The number of aryl methyl sites for hydroxylation is 1. The molecule has 0 N–H and O–H groups in total. The zero-order valence-corrected chi connectivity index (χ0v) is 13.6. The summed E-state index contributed by atoms with van der Waals surface area (Å²) in [5.41, 5.74) is 2.89. The number of amides is 1. The summed E-state index contributed by atoms with van der Waals surface area (Å²) in [7, 11) is 1.68. The maximum atomic E-state index is 13.3. The van der Waals surface area contributed by atoms with Crippen molar-refractivity contribution in [1.82, 2.24) is 14.7 Å². The minimum Gasteiger partial charge on any atom is -0.336 e. The summed E-state index contributed by atoms with van der Waals surface area (Å²) < 4.78 is 15.0. The van der Waals surface area contributed by atoms with E-state index in [1.807, 2.05) is 37.3 Å². The highest BCUT2D eigenvalue weighted by molar-refractivity contribution is 5.92. The third-order valence-corrected chi connectivity index (χ3v) is 3.76. The van der Waals surface area contributed by atoms with Crippen molar-refractivity contribution in [2.24, 2.45) is 0 Å². The summed E-state index contributed by atoms with van der Waals surface area (Å²) in [5.74, 6) is -0.505. The SMILES string of the molecule is Cc1cc(C(=O)N(C)Cc2cccc(F)c2)nn1-c1ccccc1. The van der Waals surface area contributed by atoms with Gasteiger partial charge in [0.15, 0.2) is 5.69 Å². The van der Waals surface area contributed by atoms with Crippen LogP contribution in [-0.2, 0) is 6.54 Å². The molecule has 0 aliphatic carbocycles. The van der Waals surface area contributed by atoms with Gasteiger partial charge in [0.25, 0.3) is 5.91 Å². The molecule has 0 bridgehead atoms. The molecule has 3 rings (SSSR count). The van der Waals surface area contributed by atoms with Crippen molar-refractivity contribution >= 4 is 5.91 Å². The molecule has 0 unspecified atom stereocenters. The predicted octanol–water partition coefficient (Wildman–Crippen LogP) is 3.59. The van der Waals surface area contributed by atoms with Gasteiger partial charge in [0, 0.05) is 19.3 Å². The smallest absolute Gasteiger partial charge is 0.274 e. The standard InChI is InChI=1S/C19H18FN3O/c1-14-11-18(21-23(14)17-9-4-3-5-10-17)19(24)22(2)13-15-7-6-8-16(20)12-15/h3-12H,13H2,1-2H3. The van der Waals surface area contributed by atoms with Crippen molar-refractivity contribution in [3.8, 4) is 5.69 Å². The lowest BCUT2D eigenvalue weighted by Crippen LogP contribution is -2.26. The Labute approximate surface area is 140 Å². The van der Waals surface area contributed by atoms with Gasteiger partial charge in [-0.1, -0.05) is 30.3 Å². The second kappa shape index (κ2) is 6.66. The average Bonchev–Trinajstić information content (AvgIpc) is 2.96. The van der Waals surface area contributed by atoms with Crippen LogP contribution >= 0.6 is 0 Å². The number of hydrogen-bond acceptors (Lipinski definition) is 2. The van der Waals surface area contributed by atoms with Gasteiger partial charge in [-0.25, -0.2) is 9.07 Å². The van der Waals surface area contributed by atoms with Crippen LogP contribution in [0.15, 0.2) is 60.7 Å². The van der Waals surface area contributed by atoms with Gasteiger partial charge >= 0.3 is 0 Å². The lowest BCUT2D eigenvalue weighted by molar-refractivity contribution is 0.0778. The van der Waals surface area contributed by atoms with E-state index in [9.17, 15) is 9.18 Å². The molecule has 4 nitrogen and oxygen atoms in total. The number of carbonyl (C=O) groups is 1. The van der Waals surface area contributed by atoms with Crippen molar-refractivity contribution in [3.63, 3.8) is 0 Å². The first-order valence-corrected chi connectivity index (χ1v) is 7.66. The summed E-state index contributed by atoms with van der Waals surface area (Å²) >= 11 is 0. The molecule has 24 heavy (non-hydrogen) atoms. The maximum Gasteiger partial charge on any atom is 0.274 e. The highest BCUT2D eigenvalue weighted by atomic mass is 19.1. The molecular formula is C19H18FN3O. The topological polar surface area (TPSA) is 38.1 Å². The molecule has 0 spiro atoms. The Hall–Kier alpha value is -2.95. The maximum absolute atomic E-state index is 13.3. The summed E-state index contributed by atoms with van der Waals surface area (Å²) in [4.78, 5) is 14.1. The number of aromatic nitrogens is 2. The van der Waals surface area contributed by atoms with Crippen molar-refractivity contribution in [1.29, 1.82) is 0 Å². The second-order valence-corrected chi connectivity index (χ2v) is 5.71. The van der Waals surface area contributed by atoms with Crippen LogP contribution in [0.25, 0.3) is 5.69 Å².